The summed E-state index contributed by atoms with van der Waals surface area (Å²) in [6, 6.07) is 3.16. The van der Waals surface area contributed by atoms with E-state index in [2.05, 4.69) is 5.32 Å². The molecule has 1 aromatic carbocycles. The first-order valence-corrected chi connectivity index (χ1v) is 5.82. The molecular formula is C12H17N3O5. The van der Waals surface area contributed by atoms with E-state index in [9.17, 15) is 14.7 Å². The quantitative estimate of drug-likeness (QED) is 0.329. The molecule has 0 bridgehead atoms. The number of hydrogen-bond acceptors (Lipinski definition) is 6. The summed E-state index contributed by atoms with van der Waals surface area (Å²) < 4.78 is 0. The third-order valence-electron chi connectivity index (χ3n) is 2.63. The molecule has 0 heterocycles. The van der Waals surface area contributed by atoms with E-state index in [0.717, 1.165) is 0 Å². The van der Waals surface area contributed by atoms with Crippen molar-refractivity contribution in [3.8, 4) is 11.5 Å². The topological polar surface area (TPSA) is 159 Å². The van der Waals surface area contributed by atoms with Crippen LogP contribution < -0.4 is 16.8 Å². The molecule has 0 aliphatic rings. The third-order valence-corrected chi connectivity index (χ3v) is 2.63. The number of nitrogens with two attached hydrogens (primary N) is 2. The summed E-state index contributed by atoms with van der Waals surface area (Å²) in [6.07, 6.45) is -1.35. The number of phenols is 2. The number of aliphatic hydroxyl groups is 1. The molecule has 0 radical (unpaired) electrons. The van der Waals surface area contributed by atoms with E-state index in [1.54, 1.807) is 0 Å². The van der Waals surface area contributed by atoms with Gasteiger partial charge in [0.25, 0.3) is 0 Å². The van der Waals surface area contributed by atoms with Gasteiger partial charge in [-0.05, 0) is 24.1 Å². The first-order chi connectivity index (χ1) is 9.31. The highest BCUT2D eigenvalue weighted by atomic mass is 16.3. The van der Waals surface area contributed by atoms with Gasteiger partial charge in [0.15, 0.2) is 11.5 Å². The SMILES string of the molecule is NC(=O)C(O)CNC(=O)[C@@H](N)Cc1ccc(O)c(O)c1. The van der Waals surface area contributed by atoms with E-state index < -0.39 is 24.0 Å². The molecule has 0 saturated heterocycles. The van der Waals surface area contributed by atoms with Gasteiger partial charge in [0, 0.05) is 0 Å². The molecule has 8 N–H and O–H groups in total. The standard InChI is InChI=1S/C12H17N3O5/c13-7(12(20)15-5-10(18)11(14)19)3-6-1-2-8(16)9(17)4-6/h1-2,4,7,10,16-18H,3,5,13H2,(H2,14,19)(H,15,20)/t7-,10?/m0/s1. The molecule has 0 saturated carbocycles. The van der Waals surface area contributed by atoms with Gasteiger partial charge >= 0.3 is 0 Å². The maximum atomic E-state index is 11.6. The lowest BCUT2D eigenvalue weighted by atomic mass is 10.1. The molecule has 8 nitrogen and oxygen atoms in total. The van der Waals surface area contributed by atoms with Gasteiger partial charge in [0.1, 0.15) is 6.10 Å². The van der Waals surface area contributed by atoms with Crippen LogP contribution in [0, 0.1) is 0 Å². The molecule has 20 heavy (non-hydrogen) atoms. The summed E-state index contributed by atoms with van der Waals surface area (Å²) in [5.41, 5.74) is 11.0. The van der Waals surface area contributed by atoms with Crippen molar-refractivity contribution in [1.29, 1.82) is 0 Å². The maximum absolute atomic E-state index is 11.6. The summed E-state index contributed by atoms with van der Waals surface area (Å²) in [5, 5.41) is 29.9. The fourth-order valence-corrected chi connectivity index (χ4v) is 1.47. The average Bonchev–Trinajstić information content (AvgIpc) is 2.39. The lowest BCUT2D eigenvalue weighted by Crippen LogP contribution is -2.47. The molecular weight excluding hydrogens is 266 g/mol. The van der Waals surface area contributed by atoms with Gasteiger partial charge in [0.05, 0.1) is 12.6 Å². The number of hydrogen-bond donors (Lipinski definition) is 6. The van der Waals surface area contributed by atoms with Crippen molar-refractivity contribution in [1.82, 2.24) is 5.32 Å². The summed E-state index contributed by atoms with van der Waals surface area (Å²) in [6.45, 7) is -0.317. The Morgan fingerprint density at radius 2 is 1.90 bits per heavy atom. The van der Waals surface area contributed by atoms with Crippen LogP contribution in [0.2, 0.25) is 0 Å². The second kappa shape index (κ2) is 6.73. The van der Waals surface area contributed by atoms with Gasteiger partial charge in [-0.25, -0.2) is 0 Å². The number of phenolic OH excluding ortho intramolecular Hbond substituents is 2. The molecule has 0 fully saturated rings. The summed E-state index contributed by atoms with van der Waals surface area (Å²) in [4.78, 5) is 22.2. The highest BCUT2D eigenvalue weighted by molar-refractivity contribution is 5.83. The Balaban J connectivity index is 2.53. The van der Waals surface area contributed by atoms with Crippen molar-refractivity contribution in [2.24, 2.45) is 11.5 Å². The first kappa shape index (κ1) is 15.7. The predicted molar refractivity (Wildman–Crippen MR) is 69.7 cm³/mol. The van der Waals surface area contributed by atoms with E-state index in [1.807, 2.05) is 0 Å². The lowest BCUT2D eigenvalue weighted by Gasteiger charge is -2.14. The number of primary amides is 1. The Labute approximate surface area is 115 Å². The van der Waals surface area contributed by atoms with Crippen molar-refractivity contribution in [2.75, 3.05) is 6.54 Å². The lowest BCUT2D eigenvalue weighted by molar-refractivity contribution is -0.127. The molecule has 0 aliphatic carbocycles. The fraction of sp³-hybridized carbons (Fsp3) is 0.333. The minimum absolute atomic E-state index is 0.117. The van der Waals surface area contributed by atoms with E-state index in [4.69, 9.17) is 21.7 Å². The Bertz CT molecular complexity index is 506. The molecule has 1 aromatic rings. The van der Waals surface area contributed by atoms with Crippen LogP contribution in [0.4, 0.5) is 0 Å². The number of rotatable bonds is 6. The predicted octanol–water partition coefficient (Wildman–Crippen LogP) is -2.07. The second-order valence-electron chi connectivity index (χ2n) is 4.30. The first-order valence-electron chi connectivity index (χ1n) is 5.82. The number of aromatic hydroxyl groups is 2. The van der Waals surface area contributed by atoms with Gasteiger partial charge in [-0.3, -0.25) is 9.59 Å². The zero-order chi connectivity index (χ0) is 15.3. The van der Waals surface area contributed by atoms with E-state index in [0.29, 0.717) is 5.56 Å². The van der Waals surface area contributed by atoms with Crippen LogP contribution in [-0.4, -0.2) is 45.8 Å². The van der Waals surface area contributed by atoms with E-state index in [1.165, 1.54) is 18.2 Å². The number of amides is 2. The largest absolute Gasteiger partial charge is 0.504 e. The second-order valence-corrected chi connectivity index (χ2v) is 4.30. The van der Waals surface area contributed by atoms with Gasteiger partial charge in [-0.15, -0.1) is 0 Å². The van der Waals surface area contributed by atoms with Crippen LogP contribution in [0.3, 0.4) is 0 Å². The Morgan fingerprint density at radius 3 is 2.45 bits per heavy atom. The zero-order valence-corrected chi connectivity index (χ0v) is 10.6. The van der Waals surface area contributed by atoms with E-state index >= 15 is 0 Å². The number of benzene rings is 1. The number of aliphatic hydroxyl groups excluding tert-OH is 1. The minimum atomic E-state index is -1.47. The highest BCUT2D eigenvalue weighted by Crippen LogP contribution is 2.25. The van der Waals surface area contributed by atoms with Crippen LogP contribution in [0.15, 0.2) is 18.2 Å². The van der Waals surface area contributed by atoms with Crippen molar-refractivity contribution in [3.63, 3.8) is 0 Å². The monoisotopic (exact) mass is 283 g/mol. The Morgan fingerprint density at radius 1 is 1.25 bits per heavy atom. The van der Waals surface area contributed by atoms with Crippen molar-refractivity contribution in [3.05, 3.63) is 23.8 Å². The highest BCUT2D eigenvalue weighted by Gasteiger charge is 2.17. The van der Waals surface area contributed by atoms with Gasteiger partial charge in [-0.1, -0.05) is 6.07 Å². The third kappa shape index (κ3) is 4.41. The molecule has 2 atom stereocenters. The molecule has 0 aliphatic heterocycles. The molecule has 0 aromatic heterocycles. The normalized spacial score (nSPS) is 13.5. The average molecular weight is 283 g/mol. The van der Waals surface area contributed by atoms with Gasteiger partial charge in [0.2, 0.25) is 11.8 Å². The van der Waals surface area contributed by atoms with E-state index in [-0.39, 0.29) is 24.5 Å². The Hall–Kier alpha value is -2.32. The molecule has 1 rings (SSSR count). The van der Waals surface area contributed by atoms with Crippen molar-refractivity contribution >= 4 is 11.8 Å². The smallest absolute Gasteiger partial charge is 0.248 e. The molecule has 1 unspecified atom stereocenters. The molecule has 8 heteroatoms. The summed E-state index contributed by atoms with van der Waals surface area (Å²) >= 11 is 0. The van der Waals surface area contributed by atoms with Crippen molar-refractivity contribution < 1.29 is 24.9 Å². The minimum Gasteiger partial charge on any atom is -0.504 e. The molecule has 0 spiro atoms. The summed E-state index contributed by atoms with van der Waals surface area (Å²) in [5.74, 6) is -2.09. The molecule has 110 valence electrons. The van der Waals surface area contributed by atoms with Crippen LogP contribution in [-0.2, 0) is 16.0 Å². The number of carbonyl (C=O) groups excluding carboxylic acids is 2. The van der Waals surface area contributed by atoms with Crippen LogP contribution in [0.25, 0.3) is 0 Å². The van der Waals surface area contributed by atoms with Gasteiger partial charge < -0.3 is 32.1 Å². The van der Waals surface area contributed by atoms with Gasteiger partial charge in [-0.2, -0.15) is 0 Å². The van der Waals surface area contributed by atoms with Crippen molar-refractivity contribution in [2.45, 2.75) is 18.6 Å². The van der Waals surface area contributed by atoms with Crippen LogP contribution in [0.5, 0.6) is 11.5 Å². The van der Waals surface area contributed by atoms with Crippen LogP contribution >= 0.6 is 0 Å². The molecule has 2 amide bonds. The Kier molecular flexibility index (Phi) is 5.30. The fourth-order valence-electron chi connectivity index (χ4n) is 1.47. The summed E-state index contributed by atoms with van der Waals surface area (Å²) in [7, 11) is 0. The number of carbonyl (C=O) groups is 2. The zero-order valence-electron chi connectivity index (χ0n) is 10.6. The van der Waals surface area contributed by atoms with Crippen LogP contribution in [0.1, 0.15) is 5.56 Å². The number of nitrogens with one attached hydrogen (secondary N) is 1. The maximum Gasteiger partial charge on any atom is 0.248 e.